The number of piperidine rings is 1. The van der Waals surface area contributed by atoms with E-state index in [4.69, 9.17) is 15.2 Å². The van der Waals surface area contributed by atoms with E-state index in [1.54, 1.807) is 11.1 Å². The third kappa shape index (κ3) is 7.59. The number of hydrogen-bond acceptors (Lipinski definition) is 6. The van der Waals surface area contributed by atoms with Crippen molar-refractivity contribution in [1.29, 1.82) is 0 Å². The van der Waals surface area contributed by atoms with Crippen LogP contribution in [0.15, 0.2) is 23.3 Å². The molecule has 1 saturated heterocycles. The molecule has 2 rings (SSSR count). The van der Waals surface area contributed by atoms with Crippen LogP contribution >= 0.6 is 0 Å². The summed E-state index contributed by atoms with van der Waals surface area (Å²) in [6.07, 6.45) is 3.09. The number of aliphatic imine (C=N–C) groups is 1. The molecule has 1 aromatic heterocycles. The molecule has 156 valence electrons. The summed E-state index contributed by atoms with van der Waals surface area (Å²) in [5, 5.41) is 3.24. The first kappa shape index (κ1) is 21.7. The van der Waals surface area contributed by atoms with E-state index in [-0.39, 0.29) is 12.1 Å². The number of nitrogens with two attached hydrogens (primary N) is 1. The third-order valence-electron chi connectivity index (χ3n) is 4.39. The maximum atomic E-state index is 11.7. The fourth-order valence-corrected chi connectivity index (χ4v) is 2.81. The number of nitrogens with zero attached hydrogens (tertiary/aromatic N) is 4. The summed E-state index contributed by atoms with van der Waals surface area (Å²) in [7, 11) is 4.00. The highest BCUT2D eigenvalue weighted by molar-refractivity contribution is 5.78. The number of hydrogen-bond donors (Lipinski definition) is 2. The van der Waals surface area contributed by atoms with Crippen LogP contribution in [-0.2, 0) is 11.3 Å². The Morgan fingerprint density at radius 2 is 2.18 bits per heavy atom. The predicted molar refractivity (Wildman–Crippen MR) is 108 cm³/mol. The number of aromatic nitrogens is 1. The van der Waals surface area contributed by atoms with Crippen LogP contribution in [0.3, 0.4) is 0 Å². The molecular formula is C19H32N6O3. The van der Waals surface area contributed by atoms with E-state index < -0.39 is 0 Å². The smallest absolute Gasteiger partial charge is 0.409 e. The lowest BCUT2D eigenvalue weighted by Crippen LogP contribution is -2.48. The van der Waals surface area contributed by atoms with Crippen molar-refractivity contribution in [2.75, 3.05) is 46.9 Å². The highest BCUT2D eigenvalue weighted by Crippen LogP contribution is 2.12. The number of likely N-dealkylation sites (N-methyl/N-ethyl adjacent to an activating group) is 1. The van der Waals surface area contributed by atoms with E-state index in [2.05, 4.69) is 20.2 Å². The lowest BCUT2D eigenvalue weighted by atomic mass is 10.1. The molecule has 0 unspecified atom stereocenters. The van der Waals surface area contributed by atoms with Gasteiger partial charge in [0.2, 0.25) is 5.88 Å². The quantitative estimate of drug-likeness (QED) is 0.503. The fraction of sp³-hybridized carbons (Fsp3) is 0.632. The van der Waals surface area contributed by atoms with Crippen molar-refractivity contribution in [1.82, 2.24) is 20.1 Å². The van der Waals surface area contributed by atoms with Crippen molar-refractivity contribution in [2.45, 2.75) is 32.4 Å². The second kappa shape index (κ2) is 11.3. The van der Waals surface area contributed by atoms with Crippen LogP contribution in [0.1, 0.15) is 25.3 Å². The first-order valence-corrected chi connectivity index (χ1v) is 9.68. The molecule has 1 fully saturated rings. The zero-order chi connectivity index (χ0) is 20.4. The van der Waals surface area contributed by atoms with Gasteiger partial charge in [-0.2, -0.15) is 0 Å². The van der Waals surface area contributed by atoms with Crippen molar-refractivity contribution in [3.05, 3.63) is 23.9 Å². The maximum absolute atomic E-state index is 11.7. The molecule has 1 amide bonds. The summed E-state index contributed by atoms with van der Waals surface area (Å²) >= 11 is 0. The largest absolute Gasteiger partial charge is 0.476 e. The van der Waals surface area contributed by atoms with Gasteiger partial charge in [-0.1, -0.05) is 0 Å². The SMILES string of the molecule is CCOC(=O)N1CCC(NC(N)=NCc2ccnc(OCCN(C)C)c2)CC1. The highest BCUT2D eigenvalue weighted by atomic mass is 16.6. The standard InChI is InChI=1S/C19H32N6O3/c1-4-27-19(26)25-9-6-16(7-10-25)23-18(20)22-14-15-5-8-21-17(13-15)28-12-11-24(2)3/h5,8,13,16H,4,6-7,9-12,14H2,1-3H3,(H3,20,22,23). The Hall–Kier alpha value is -2.55. The second-order valence-electron chi connectivity index (χ2n) is 6.96. The number of likely N-dealkylation sites (tertiary alicyclic amines) is 1. The summed E-state index contributed by atoms with van der Waals surface area (Å²) in [6, 6.07) is 3.98. The summed E-state index contributed by atoms with van der Waals surface area (Å²) in [5.74, 6) is 0.994. The Morgan fingerprint density at radius 3 is 2.86 bits per heavy atom. The summed E-state index contributed by atoms with van der Waals surface area (Å²) in [6.45, 7) is 5.38. The van der Waals surface area contributed by atoms with E-state index in [1.165, 1.54) is 0 Å². The highest BCUT2D eigenvalue weighted by Gasteiger charge is 2.23. The molecule has 28 heavy (non-hydrogen) atoms. The topological polar surface area (TPSA) is 105 Å². The molecule has 9 nitrogen and oxygen atoms in total. The Kier molecular flexibility index (Phi) is 8.80. The van der Waals surface area contributed by atoms with Gasteiger partial charge in [-0.15, -0.1) is 0 Å². The molecule has 0 atom stereocenters. The monoisotopic (exact) mass is 392 g/mol. The normalized spacial score (nSPS) is 15.6. The molecule has 2 heterocycles. The van der Waals surface area contributed by atoms with Gasteiger partial charge in [-0.3, -0.25) is 0 Å². The van der Waals surface area contributed by atoms with E-state index in [0.717, 1.165) is 24.9 Å². The van der Waals surface area contributed by atoms with E-state index >= 15 is 0 Å². The lowest BCUT2D eigenvalue weighted by molar-refractivity contribution is 0.0963. The van der Waals surface area contributed by atoms with Crippen LogP contribution in [0.2, 0.25) is 0 Å². The number of carbonyl (C=O) groups is 1. The second-order valence-corrected chi connectivity index (χ2v) is 6.96. The summed E-state index contributed by atoms with van der Waals surface area (Å²) in [4.78, 5) is 24.1. The van der Waals surface area contributed by atoms with Gasteiger partial charge in [0.1, 0.15) is 6.61 Å². The van der Waals surface area contributed by atoms with Gasteiger partial charge in [-0.25, -0.2) is 14.8 Å². The van der Waals surface area contributed by atoms with Crippen molar-refractivity contribution >= 4 is 12.1 Å². The molecule has 1 aliphatic heterocycles. The molecule has 0 spiro atoms. The number of ether oxygens (including phenoxy) is 2. The molecule has 3 N–H and O–H groups in total. The van der Waals surface area contributed by atoms with Gasteiger partial charge in [0, 0.05) is 37.9 Å². The van der Waals surface area contributed by atoms with Crippen LogP contribution in [0.4, 0.5) is 4.79 Å². The van der Waals surface area contributed by atoms with Gasteiger partial charge >= 0.3 is 6.09 Å². The van der Waals surface area contributed by atoms with Crippen molar-refractivity contribution in [2.24, 2.45) is 10.7 Å². The molecule has 9 heteroatoms. The van der Waals surface area contributed by atoms with Gasteiger partial charge in [0.25, 0.3) is 0 Å². The lowest BCUT2D eigenvalue weighted by Gasteiger charge is -2.31. The minimum atomic E-state index is -0.246. The van der Waals surface area contributed by atoms with E-state index in [1.807, 2.05) is 33.2 Å². The zero-order valence-corrected chi connectivity index (χ0v) is 17.1. The van der Waals surface area contributed by atoms with E-state index in [9.17, 15) is 4.79 Å². The molecule has 0 bridgehead atoms. The Labute approximate surface area is 166 Å². The van der Waals surface area contributed by atoms with Crippen molar-refractivity contribution in [3.63, 3.8) is 0 Å². The first-order chi connectivity index (χ1) is 13.5. The molecule has 0 radical (unpaired) electrons. The molecule has 1 aliphatic rings. The number of carbonyl (C=O) groups excluding carboxylic acids is 1. The zero-order valence-electron chi connectivity index (χ0n) is 17.1. The maximum Gasteiger partial charge on any atom is 0.409 e. The van der Waals surface area contributed by atoms with Crippen LogP contribution in [0, 0.1) is 0 Å². The number of amides is 1. The summed E-state index contributed by atoms with van der Waals surface area (Å²) < 4.78 is 10.7. The number of pyridine rings is 1. The minimum absolute atomic E-state index is 0.205. The van der Waals surface area contributed by atoms with Crippen LogP contribution in [0.25, 0.3) is 0 Å². The average molecular weight is 393 g/mol. The number of rotatable bonds is 8. The molecule has 1 aromatic rings. The fourth-order valence-electron chi connectivity index (χ4n) is 2.81. The molecule has 0 aromatic carbocycles. The first-order valence-electron chi connectivity index (χ1n) is 9.68. The Balaban J connectivity index is 1.76. The molecular weight excluding hydrogens is 360 g/mol. The number of guanidine groups is 1. The minimum Gasteiger partial charge on any atom is -0.476 e. The van der Waals surface area contributed by atoms with Crippen molar-refractivity contribution < 1.29 is 14.3 Å². The predicted octanol–water partition coefficient (Wildman–Crippen LogP) is 1.05. The van der Waals surface area contributed by atoms with Crippen LogP contribution in [-0.4, -0.2) is 79.8 Å². The average Bonchev–Trinajstić information content (AvgIpc) is 2.67. The van der Waals surface area contributed by atoms with E-state index in [0.29, 0.717) is 44.7 Å². The molecule has 0 saturated carbocycles. The van der Waals surface area contributed by atoms with Gasteiger partial charge in [-0.05, 0) is 45.5 Å². The Bertz CT molecular complexity index is 644. The third-order valence-corrected chi connectivity index (χ3v) is 4.39. The summed E-state index contributed by atoms with van der Waals surface area (Å²) in [5.41, 5.74) is 7.01. The molecule has 0 aliphatic carbocycles. The van der Waals surface area contributed by atoms with Gasteiger partial charge in [0.15, 0.2) is 5.96 Å². The van der Waals surface area contributed by atoms with Gasteiger partial charge in [0.05, 0.1) is 13.2 Å². The van der Waals surface area contributed by atoms with Crippen molar-refractivity contribution in [3.8, 4) is 5.88 Å². The van der Waals surface area contributed by atoms with Crippen LogP contribution in [0.5, 0.6) is 5.88 Å². The Morgan fingerprint density at radius 1 is 1.43 bits per heavy atom. The van der Waals surface area contributed by atoms with Gasteiger partial charge < -0.3 is 30.3 Å². The van der Waals surface area contributed by atoms with Crippen LogP contribution < -0.4 is 15.8 Å². The number of nitrogens with one attached hydrogen (secondary N) is 1.